The molecule has 0 bridgehead atoms. The molecule has 0 unspecified atom stereocenters. The first kappa shape index (κ1) is 16.2. The van der Waals surface area contributed by atoms with Gasteiger partial charge in [0.25, 0.3) is 5.91 Å². The molecule has 5 nitrogen and oxygen atoms in total. The number of aromatic nitrogens is 2. The number of carbonyl (C=O) groups excluding carboxylic acids is 1. The van der Waals surface area contributed by atoms with Crippen LogP contribution >= 0.6 is 0 Å². The molecule has 1 aliphatic heterocycles. The monoisotopic (exact) mass is 339 g/mol. The van der Waals surface area contributed by atoms with E-state index in [2.05, 4.69) is 21.7 Å². The van der Waals surface area contributed by atoms with Gasteiger partial charge in [-0.05, 0) is 62.3 Å². The zero-order valence-corrected chi connectivity index (χ0v) is 14.8. The first-order valence-corrected chi connectivity index (χ1v) is 9.22. The summed E-state index contributed by atoms with van der Waals surface area (Å²) >= 11 is 0. The van der Waals surface area contributed by atoms with Crippen LogP contribution < -0.4 is 4.74 Å². The van der Waals surface area contributed by atoms with Crippen molar-refractivity contribution < 1.29 is 9.53 Å². The third-order valence-electron chi connectivity index (χ3n) is 5.44. The van der Waals surface area contributed by atoms with Crippen LogP contribution in [0, 0.1) is 6.92 Å². The van der Waals surface area contributed by atoms with E-state index in [1.165, 1.54) is 17.5 Å². The molecule has 1 aromatic heterocycles. The molecule has 2 aliphatic rings. The van der Waals surface area contributed by atoms with Gasteiger partial charge in [0.1, 0.15) is 11.6 Å². The Morgan fingerprint density at radius 3 is 3.00 bits per heavy atom. The van der Waals surface area contributed by atoms with E-state index in [1.54, 1.807) is 0 Å². The Hall–Kier alpha value is -2.30. The van der Waals surface area contributed by atoms with E-state index in [-0.39, 0.29) is 12.5 Å². The van der Waals surface area contributed by atoms with Gasteiger partial charge >= 0.3 is 0 Å². The molecule has 4 rings (SSSR count). The summed E-state index contributed by atoms with van der Waals surface area (Å²) in [6.45, 7) is 3.69. The quantitative estimate of drug-likeness (QED) is 0.860. The van der Waals surface area contributed by atoms with E-state index in [4.69, 9.17) is 4.74 Å². The van der Waals surface area contributed by atoms with Gasteiger partial charge in [-0.2, -0.15) is 0 Å². The van der Waals surface area contributed by atoms with Gasteiger partial charge in [0.15, 0.2) is 6.61 Å². The van der Waals surface area contributed by atoms with Crippen molar-refractivity contribution in [1.82, 2.24) is 14.5 Å². The van der Waals surface area contributed by atoms with Crippen LogP contribution in [0.4, 0.5) is 0 Å². The van der Waals surface area contributed by atoms with Gasteiger partial charge in [-0.1, -0.05) is 6.07 Å². The number of piperidine rings is 1. The summed E-state index contributed by atoms with van der Waals surface area (Å²) in [7, 11) is 0. The number of likely N-dealkylation sites (tertiary alicyclic amines) is 1. The maximum absolute atomic E-state index is 12.6. The second kappa shape index (κ2) is 6.90. The van der Waals surface area contributed by atoms with Crippen LogP contribution in [-0.2, 0) is 17.6 Å². The second-order valence-corrected chi connectivity index (χ2v) is 7.09. The van der Waals surface area contributed by atoms with Gasteiger partial charge in [-0.25, -0.2) is 4.98 Å². The Morgan fingerprint density at radius 2 is 2.16 bits per heavy atom. The molecule has 132 valence electrons. The predicted molar refractivity (Wildman–Crippen MR) is 95.8 cm³/mol. The second-order valence-electron chi connectivity index (χ2n) is 7.09. The number of hydrogen-bond acceptors (Lipinski definition) is 3. The Morgan fingerprint density at radius 1 is 1.28 bits per heavy atom. The molecule has 1 saturated heterocycles. The van der Waals surface area contributed by atoms with Gasteiger partial charge in [0.05, 0.1) is 6.04 Å². The van der Waals surface area contributed by atoms with Crippen molar-refractivity contribution in [2.75, 3.05) is 19.7 Å². The molecule has 1 aromatic carbocycles. The summed E-state index contributed by atoms with van der Waals surface area (Å²) in [6.07, 6.45) is 9.46. The highest BCUT2D eigenvalue weighted by atomic mass is 16.5. The van der Waals surface area contributed by atoms with E-state index in [0.717, 1.165) is 50.3 Å². The van der Waals surface area contributed by atoms with Crippen LogP contribution in [0.25, 0.3) is 0 Å². The number of ether oxygens (including phenoxy) is 1. The van der Waals surface area contributed by atoms with E-state index >= 15 is 0 Å². The van der Waals surface area contributed by atoms with Crippen molar-refractivity contribution in [3.05, 3.63) is 47.5 Å². The summed E-state index contributed by atoms with van der Waals surface area (Å²) < 4.78 is 7.97. The molecule has 25 heavy (non-hydrogen) atoms. The largest absolute Gasteiger partial charge is 0.484 e. The molecule has 0 N–H and O–H groups in total. The highest BCUT2D eigenvalue weighted by Gasteiger charge is 2.25. The van der Waals surface area contributed by atoms with Crippen LogP contribution in [0.15, 0.2) is 30.6 Å². The zero-order valence-electron chi connectivity index (χ0n) is 14.8. The number of nitrogens with zero attached hydrogens (tertiary/aromatic N) is 3. The molecule has 0 radical (unpaired) electrons. The van der Waals surface area contributed by atoms with Crippen molar-refractivity contribution >= 4 is 5.91 Å². The first-order valence-electron chi connectivity index (χ1n) is 9.22. The smallest absolute Gasteiger partial charge is 0.260 e. The highest BCUT2D eigenvalue weighted by Crippen LogP contribution is 2.26. The van der Waals surface area contributed by atoms with Crippen LogP contribution in [0.1, 0.15) is 42.3 Å². The molecule has 1 aliphatic carbocycles. The number of hydrogen-bond donors (Lipinski definition) is 0. The van der Waals surface area contributed by atoms with Gasteiger partial charge in [0.2, 0.25) is 0 Å². The molecule has 0 spiro atoms. The summed E-state index contributed by atoms with van der Waals surface area (Å²) in [5.74, 6) is 1.89. The molecule has 5 heteroatoms. The molecule has 0 saturated carbocycles. The lowest BCUT2D eigenvalue weighted by Crippen LogP contribution is -2.43. The standard InChI is InChI=1S/C20H25N3O2/c1-15-21-9-11-23(15)18-6-3-10-22(13-18)20(24)14-25-19-8-7-16-4-2-5-17(16)12-19/h7-9,11-12,18H,2-6,10,13-14H2,1H3/t18-/m1/s1. The Labute approximate surface area is 148 Å². The fourth-order valence-corrected chi connectivity index (χ4v) is 4.06. The molecule has 1 amide bonds. The number of rotatable bonds is 4. The SMILES string of the molecule is Cc1nccn1[C@@H]1CCCN(C(=O)COc2ccc3c(c2)CCC3)C1. The fraction of sp³-hybridized carbons (Fsp3) is 0.500. The van der Waals surface area contributed by atoms with Gasteiger partial charge < -0.3 is 14.2 Å². The van der Waals surface area contributed by atoms with Crippen molar-refractivity contribution in [2.24, 2.45) is 0 Å². The minimum absolute atomic E-state index is 0.0722. The van der Waals surface area contributed by atoms with Crippen molar-refractivity contribution in [3.63, 3.8) is 0 Å². The Bertz CT molecular complexity index is 768. The van der Waals surface area contributed by atoms with E-state index in [1.807, 2.05) is 30.3 Å². The Balaban J connectivity index is 1.35. The van der Waals surface area contributed by atoms with E-state index in [9.17, 15) is 4.79 Å². The van der Waals surface area contributed by atoms with Gasteiger partial charge in [-0.15, -0.1) is 0 Å². The normalized spacial score (nSPS) is 19.7. The van der Waals surface area contributed by atoms with E-state index in [0.29, 0.717) is 6.04 Å². The topological polar surface area (TPSA) is 47.4 Å². The average Bonchev–Trinajstić information content (AvgIpc) is 3.27. The number of fused-ring (bicyclic) bond motifs is 1. The summed E-state index contributed by atoms with van der Waals surface area (Å²) in [4.78, 5) is 18.8. The minimum atomic E-state index is 0.0722. The third kappa shape index (κ3) is 3.41. The van der Waals surface area contributed by atoms with Crippen molar-refractivity contribution in [1.29, 1.82) is 0 Å². The highest BCUT2D eigenvalue weighted by molar-refractivity contribution is 5.78. The number of imidazole rings is 1. The lowest BCUT2D eigenvalue weighted by Gasteiger charge is -2.33. The van der Waals surface area contributed by atoms with Crippen molar-refractivity contribution in [3.8, 4) is 5.75 Å². The molecule has 1 atom stereocenters. The first-order chi connectivity index (χ1) is 12.2. The molecule has 2 heterocycles. The third-order valence-corrected chi connectivity index (χ3v) is 5.44. The van der Waals surface area contributed by atoms with Crippen LogP contribution in [0.3, 0.4) is 0 Å². The lowest BCUT2D eigenvalue weighted by molar-refractivity contribution is -0.135. The molecule has 2 aromatic rings. The minimum Gasteiger partial charge on any atom is -0.484 e. The number of benzene rings is 1. The van der Waals surface area contributed by atoms with E-state index < -0.39 is 0 Å². The summed E-state index contributed by atoms with van der Waals surface area (Å²) in [5.41, 5.74) is 2.80. The lowest BCUT2D eigenvalue weighted by atomic mass is 10.1. The van der Waals surface area contributed by atoms with Crippen LogP contribution in [0.2, 0.25) is 0 Å². The maximum atomic E-state index is 12.6. The molecular formula is C20H25N3O2. The molecular weight excluding hydrogens is 314 g/mol. The maximum Gasteiger partial charge on any atom is 0.260 e. The Kier molecular flexibility index (Phi) is 4.47. The van der Waals surface area contributed by atoms with Gasteiger partial charge in [0, 0.05) is 25.5 Å². The fourth-order valence-electron chi connectivity index (χ4n) is 4.06. The average molecular weight is 339 g/mol. The molecule has 1 fully saturated rings. The van der Waals surface area contributed by atoms with Gasteiger partial charge in [-0.3, -0.25) is 4.79 Å². The van der Waals surface area contributed by atoms with Crippen molar-refractivity contribution in [2.45, 2.75) is 45.1 Å². The summed E-state index contributed by atoms with van der Waals surface area (Å²) in [6, 6.07) is 6.55. The number of aryl methyl sites for hydroxylation is 3. The summed E-state index contributed by atoms with van der Waals surface area (Å²) in [5, 5.41) is 0. The zero-order chi connectivity index (χ0) is 17.2. The number of amides is 1. The number of carbonyl (C=O) groups is 1. The van der Waals surface area contributed by atoms with Crippen LogP contribution in [0.5, 0.6) is 5.75 Å². The van der Waals surface area contributed by atoms with Crippen LogP contribution in [-0.4, -0.2) is 40.1 Å². The predicted octanol–water partition coefficient (Wildman–Crippen LogP) is 2.92.